The van der Waals surface area contributed by atoms with E-state index in [0.717, 1.165) is 17.7 Å². The number of aromatic nitrogens is 4. The second-order valence-corrected chi connectivity index (χ2v) is 4.06. The Kier molecular flexibility index (Phi) is 3.93. The largest absolute Gasteiger partial charge is 0.383 e. The van der Waals surface area contributed by atoms with Gasteiger partial charge in [-0.2, -0.15) is 15.1 Å². The fourth-order valence-corrected chi connectivity index (χ4v) is 1.71. The van der Waals surface area contributed by atoms with Crippen molar-refractivity contribution >= 4 is 22.8 Å². The standard InChI is InChI=1S/C11H18N6O/c1-4-12-11-15-9(14-7(2)6-18-3)8-5-13-17-10(8)16-11/h5,7H,4,6H2,1-3H3,(H3,12,13,14,15,16,17). The number of nitrogens with one attached hydrogen (secondary N) is 3. The molecule has 0 saturated carbocycles. The third kappa shape index (κ3) is 2.67. The van der Waals surface area contributed by atoms with Gasteiger partial charge in [-0.15, -0.1) is 0 Å². The van der Waals surface area contributed by atoms with Crippen molar-refractivity contribution in [3.8, 4) is 0 Å². The zero-order valence-electron chi connectivity index (χ0n) is 10.8. The number of hydrogen-bond donors (Lipinski definition) is 3. The number of H-pyrrole nitrogens is 1. The summed E-state index contributed by atoms with van der Waals surface area (Å²) < 4.78 is 5.10. The molecule has 0 amide bonds. The first kappa shape index (κ1) is 12.6. The first-order valence-corrected chi connectivity index (χ1v) is 5.95. The molecule has 2 aromatic rings. The van der Waals surface area contributed by atoms with Crippen molar-refractivity contribution < 1.29 is 4.74 Å². The van der Waals surface area contributed by atoms with Crippen LogP contribution in [0.3, 0.4) is 0 Å². The Morgan fingerprint density at radius 3 is 3.00 bits per heavy atom. The van der Waals surface area contributed by atoms with Crippen LogP contribution in [-0.4, -0.2) is 46.5 Å². The molecule has 0 fully saturated rings. The van der Waals surface area contributed by atoms with E-state index < -0.39 is 0 Å². The number of fused-ring (bicyclic) bond motifs is 1. The van der Waals surface area contributed by atoms with Crippen LogP contribution in [0, 0.1) is 0 Å². The Morgan fingerprint density at radius 1 is 1.44 bits per heavy atom. The maximum absolute atomic E-state index is 5.10. The van der Waals surface area contributed by atoms with E-state index in [4.69, 9.17) is 4.74 Å². The highest BCUT2D eigenvalue weighted by Crippen LogP contribution is 2.20. The number of methoxy groups -OCH3 is 1. The average Bonchev–Trinajstić information content (AvgIpc) is 2.78. The van der Waals surface area contributed by atoms with Gasteiger partial charge in [-0.05, 0) is 13.8 Å². The lowest BCUT2D eigenvalue weighted by Crippen LogP contribution is -2.22. The zero-order chi connectivity index (χ0) is 13.0. The summed E-state index contributed by atoms with van der Waals surface area (Å²) in [6.07, 6.45) is 1.72. The molecule has 0 saturated heterocycles. The van der Waals surface area contributed by atoms with Gasteiger partial charge < -0.3 is 15.4 Å². The molecule has 0 radical (unpaired) electrons. The Hall–Kier alpha value is -1.89. The summed E-state index contributed by atoms with van der Waals surface area (Å²) in [5.41, 5.74) is 0.716. The molecule has 7 heteroatoms. The van der Waals surface area contributed by atoms with Gasteiger partial charge >= 0.3 is 0 Å². The highest BCUT2D eigenvalue weighted by Gasteiger charge is 2.11. The van der Waals surface area contributed by atoms with Gasteiger partial charge in [0.05, 0.1) is 18.2 Å². The molecule has 1 atom stereocenters. The van der Waals surface area contributed by atoms with Crippen LogP contribution in [0.1, 0.15) is 13.8 Å². The van der Waals surface area contributed by atoms with Crippen LogP contribution in [0.2, 0.25) is 0 Å². The molecule has 0 aliphatic rings. The quantitative estimate of drug-likeness (QED) is 0.714. The summed E-state index contributed by atoms with van der Waals surface area (Å²) in [5, 5.41) is 14.1. The summed E-state index contributed by atoms with van der Waals surface area (Å²) in [5.74, 6) is 1.34. The molecule has 7 nitrogen and oxygen atoms in total. The van der Waals surface area contributed by atoms with E-state index in [9.17, 15) is 0 Å². The molecular weight excluding hydrogens is 232 g/mol. The van der Waals surface area contributed by atoms with Crippen LogP contribution < -0.4 is 10.6 Å². The molecule has 0 aliphatic heterocycles. The van der Waals surface area contributed by atoms with Crippen molar-refractivity contribution in [2.24, 2.45) is 0 Å². The number of aromatic amines is 1. The number of ether oxygens (including phenoxy) is 1. The van der Waals surface area contributed by atoms with Gasteiger partial charge in [-0.1, -0.05) is 0 Å². The van der Waals surface area contributed by atoms with Gasteiger partial charge in [0.2, 0.25) is 5.95 Å². The topological polar surface area (TPSA) is 87.8 Å². The lowest BCUT2D eigenvalue weighted by Gasteiger charge is -2.14. The molecule has 18 heavy (non-hydrogen) atoms. The van der Waals surface area contributed by atoms with E-state index in [-0.39, 0.29) is 6.04 Å². The molecule has 2 rings (SSSR count). The summed E-state index contributed by atoms with van der Waals surface area (Å²) in [7, 11) is 1.68. The fraction of sp³-hybridized carbons (Fsp3) is 0.545. The van der Waals surface area contributed by atoms with Crippen molar-refractivity contribution in [1.29, 1.82) is 0 Å². The minimum atomic E-state index is 0.164. The molecular formula is C11H18N6O. The maximum Gasteiger partial charge on any atom is 0.226 e. The predicted molar refractivity (Wildman–Crippen MR) is 70.8 cm³/mol. The highest BCUT2D eigenvalue weighted by molar-refractivity contribution is 5.87. The molecule has 1 unspecified atom stereocenters. The number of hydrogen-bond acceptors (Lipinski definition) is 6. The monoisotopic (exact) mass is 250 g/mol. The normalized spacial score (nSPS) is 12.6. The SMILES string of the molecule is CCNc1nc(NC(C)COC)c2cn[nH]c2n1. The Balaban J connectivity index is 2.31. The van der Waals surface area contributed by atoms with Crippen LogP contribution in [-0.2, 0) is 4.74 Å². The van der Waals surface area contributed by atoms with Crippen LogP contribution in [0.4, 0.5) is 11.8 Å². The van der Waals surface area contributed by atoms with Crippen LogP contribution in [0.15, 0.2) is 6.20 Å². The predicted octanol–water partition coefficient (Wildman–Crippen LogP) is 1.23. The third-order valence-electron chi connectivity index (χ3n) is 2.44. The van der Waals surface area contributed by atoms with Crippen molar-refractivity contribution in [1.82, 2.24) is 20.2 Å². The molecule has 0 bridgehead atoms. The van der Waals surface area contributed by atoms with Crippen molar-refractivity contribution in [2.75, 3.05) is 30.9 Å². The second kappa shape index (κ2) is 5.63. The number of nitrogens with zero attached hydrogens (tertiary/aromatic N) is 3. The van der Waals surface area contributed by atoms with E-state index >= 15 is 0 Å². The van der Waals surface area contributed by atoms with Crippen LogP contribution in [0.5, 0.6) is 0 Å². The number of rotatable bonds is 6. The molecule has 0 aromatic carbocycles. The first-order chi connectivity index (χ1) is 8.74. The minimum Gasteiger partial charge on any atom is -0.383 e. The third-order valence-corrected chi connectivity index (χ3v) is 2.44. The average molecular weight is 250 g/mol. The van der Waals surface area contributed by atoms with Gasteiger partial charge in [0.15, 0.2) is 5.65 Å². The summed E-state index contributed by atoms with van der Waals surface area (Å²) >= 11 is 0. The maximum atomic E-state index is 5.10. The van der Waals surface area contributed by atoms with Gasteiger partial charge in [0.1, 0.15) is 5.82 Å². The molecule has 3 N–H and O–H groups in total. The highest BCUT2D eigenvalue weighted by atomic mass is 16.5. The fourth-order valence-electron chi connectivity index (χ4n) is 1.71. The number of anilines is 2. The smallest absolute Gasteiger partial charge is 0.226 e. The molecule has 2 heterocycles. The van der Waals surface area contributed by atoms with E-state index in [1.54, 1.807) is 13.3 Å². The van der Waals surface area contributed by atoms with E-state index in [1.165, 1.54) is 0 Å². The van der Waals surface area contributed by atoms with E-state index in [0.29, 0.717) is 18.2 Å². The Bertz CT molecular complexity index is 511. The lowest BCUT2D eigenvalue weighted by atomic mass is 10.3. The van der Waals surface area contributed by atoms with Crippen molar-refractivity contribution in [3.05, 3.63) is 6.20 Å². The Morgan fingerprint density at radius 2 is 2.28 bits per heavy atom. The van der Waals surface area contributed by atoms with Gasteiger partial charge in [0.25, 0.3) is 0 Å². The minimum absolute atomic E-state index is 0.164. The van der Waals surface area contributed by atoms with E-state index in [2.05, 4.69) is 30.8 Å². The second-order valence-electron chi connectivity index (χ2n) is 4.06. The van der Waals surface area contributed by atoms with Crippen LogP contribution in [0.25, 0.3) is 11.0 Å². The van der Waals surface area contributed by atoms with E-state index in [1.807, 2.05) is 13.8 Å². The van der Waals surface area contributed by atoms with Crippen molar-refractivity contribution in [2.45, 2.75) is 19.9 Å². The van der Waals surface area contributed by atoms with Gasteiger partial charge in [-0.25, -0.2) is 0 Å². The van der Waals surface area contributed by atoms with Crippen LogP contribution >= 0.6 is 0 Å². The molecule has 0 spiro atoms. The summed E-state index contributed by atoms with van der Waals surface area (Å²) in [4.78, 5) is 8.76. The first-order valence-electron chi connectivity index (χ1n) is 5.95. The molecule has 98 valence electrons. The zero-order valence-corrected chi connectivity index (χ0v) is 10.8. The summed E-state index contributed by atoms with van der Waals surface area (Å²) in [6, 6.07) is 0.164. The lowest BCUT2D eigenvalue weighted by molar-refractivity contribution is 0.190. The van der Waals surface area contributed by atoms with Crippen molar-refractivity contribution in [3.63, 3.8) is 0 Å². The molecule has 2 aromatic heterocycles. The molecule has 0 aliphatic carbocycles. The summed E-state index contributed by atoms with van der Waals surface area (Å²) in [6.45, 7) is 5.41. The Labute approximate surface area is 105 Å². The van der Waals surface area contributed by atoms with Gasteiger partial charge in [0, 0.05) is 19.7 Å². The van der Waals surface area contributed by atoms with Gasteiger partial charge in [-0.3, -0.25) is 5.10 Å².